The molecule has 1 amide bonds. The lowest BCUT2D eigenvalue weighted by molar-refractivity contribution is 0.0742. The van der Waals surface area contributed by atoms with Crippen LogP contribution in [0, 0.1) is 0 Å². The van der Waals surface area contributed by atoms with Gasteiger partial charge in [-0.2, -0.15) is 0 Å². The van der Waals surface area contributed by atoms with Gasteiger partial charge in [-0.25, -0.2) is 9.97 Å². The molecule has 1 atom stereocenters. The molecule has 1 aliphatic rings. The molecule has 1 saturated heterocycles. The van der Waals surface area contributed by atoms with Crippen molar-refractivity contribution in [2.24, 2.45) is 5.73 Å². The van der Waals surface area contributed by atoms with Crippen molar-refractivity contribution in [2.75, 3.05) is 36.9 Å². The van der Waals surface area contributed by atoms with Crippen LogP contribution in [0.4, 0.5) is 11.5 Å². The first-order valence-electron chi connectivity index (χ1n) is 15.9. The fraction of sp³-hybridized carbons (Fsp3) is 0.485. The van der Waals surface area contributed by atoms with Crippen LogP contribution >= 0.6 is 11.3 Å². The van der Waals surface area contributed by atoms with Crippen LogP contribution in [0.1, 0.15) is 53.3 Å². The van der Waals surface area contributed by atoms with Gasteiger partial charge in [-0.15, -0.1) is 11.3 Å². The number of aliphatic hydroxyl groups is 1. The second-order valence-corrected chi connectivity index (χ2v) is 19.8. The number of thiophene rings is 1. The summed E-state index contributed by atoms with van der Waals surface area (Å²) in [5.41, 5.74) is 15.3. The Morgan fingerprint density at radius 2 is 1.93 bits per heavy atom. The van der Waals surface area contributed by atoms with Crippen LogP contribution in [0.25, 0.3) is 21.5 Å². The summed E-state index contributed by atoms with van der Waals surface area (Å²) in [4.78, 5) is 25.1. The first kappa shape index (κ1) is 33.1. The predicted octanol–water partition coefficient (Wildman–Crippen LogP) is 5.40. The number of ether oxygens (including phenoxy) is 1. The van der Waals surface area contributed by atoms with Crippen LogP contribution in [0.3, 0.4) is 0 Å². The molecule has 45 heavy (non-hydrogen) atoms. The summed E-state index contributed by atoms with van der Waals surface area (Å²) in [7, 11) is -1.20. The van der Waals surface area contributed by atoms with E-state index in [0.29, 0.717) is 36.3 Å². The number of carbonyl (C=O) groups is 1. The van der Waals surface area contributed by atoms with Crippen molar-refractivity contribution in [2.45, 2.75) is 77.2 Å². The Hall–Kier alpha value is -3.29. The number of anilines is 2. The summed E-state index contributed by atoms with van der Waals surface area (Å²) < 4.78 is 7.98. The summed E-state index contributed by atoms with van der Waals surface area (Å²) >= 11 is 1.28. The number of hydrogen-bond donors (Lipinski definition) is 4. The van der Waals surface area contributed by atoms with E-state index in [9.17, 15) is 9.90 Å². The number of nitrogens with two attached hydrogens (primary N) is 2. The SMILES string of the molecule is CCCc1cc(N2CCC(NCC(O)c3nc(-c4ccccc4)cn3COCC[Si](C)(C)C)CC2)nc2sc(C(N)=O)c(N)c12. The third-order valence-electron chi connectivity index (χ3n) is 8.33. The second kappa shape index (κ2) is 14.4. The number of nitrogens with one attached hydrogen (secondary N) is 1. The summed E-state index contributed by atoms with van der Waals surface area (Å²) in [6.07, 6.45) is 4.85. The molecule has 1 unspecified atom stereocenters. The van der Waals surface area contributed by atoms with E-state index in [1.54, 1.807) is 0 Å². The van der Waals surface area contributed by atoms with E-state index in [0.717, 1.165) is 77.7 Å². The molecule has 0 spiro atoms. The van der Waals surface area contributed by atoms with E-state index in [4.69, 9.17) is 26.2 Å². The first-order chi connectivity index (χ1) is 21.5. The molecule has 0 bridgehead atoms. The number of primary amides is 1. The number of nitrogens with zero attached hydrogens (tertiary/aromatic N) is 4. The van der Waals surface area contributed by atoms with Gasteiger partial charge in [0.05, 0.1) is 11.4 Å². The number of benzene rings is 1. The topological polar surface area (TPSA) is 145 Å². The van der Waals surface area contributed by atoms with Crippen LogP contribution in [-0.4, -0.2) is 65.9 Å². The Morgan fingerprint density at radius 3 is 2.60 bits per heavy atom. The van der Waals surface area contributed by atoms with Gasteiger partial charge in [0.25, 0.3) is 5.91 Å². The van der Waals surface area contributed by atoms with Crippen LogP contribution in [0.2, 0.25) is 25.7 Å². The van der Waals surface area contributed by atoms with E-state index >= 15 is 0 Å². The highest BCUT2D eigenvalue weighted by Gasteiger charge is 2.25. The number of aromatic nitrogens is 3. The van der Waals surface area contributed by atoms with Gasteiger partial charge < -0.3 is 36.1 Å². The summed E-state index contributed by atoms with van der Waals surface area (Å²) in [5, 5.41) is 15.7. The highest BCUT2D eigenvalue weighted by molar-refractivity contribution is 7.21. The molecule has 1 aliphatic heterocycles. The fourth-order valence-electron chi connectivity index (χ4n) is 5.77. The van der Waals surface area contributed by atoms with Gasteiger partial charge in [0, 0.05) is 57.5 Å². The second-order valence-electron chi connectivity index (χ2n) is 13.1. The van der Waals surface area contributed by atoms with Crippen molar-refractivity contribution in [3.8, 4) is 11.3 Å². The number of nitrogen functional groups attached to an aromatic ring is 1. The molecule has 0 aliphatic carbocycles. The minimum Gasteiger partial charge on any atom is -0.397 e. The van der Waals surface area contributed by atoms with Crippen molar-refractivity contribution >= 4 is 47.0 Å². The van der Waals surface area contributed by atoms with Crippen LogP contribution in [0.5, 0.6) is 0 Å². The number of aryl methyl sites for hydroxylation is 1. The maximum atomic E-state index is 11.9. The molecule has 5 rings (SSSR count). The van der Waals surface area contributed by atoms with Crippen molar-refractivity contribution in [3.63, 3.8) is 0 Å². The lowest BCUT2D eigenvalue weighted by Gasteiger charge is -2.34. The molecule has 3 aromatic heterocycles. The molecule has 4 aromatic rings. The molecular weight excluding hydrogens is 603 g/mol. The normalized spacial score (nSPS) is 15.2. The molecular formula is C33H47N7O3SSi. The maximum absolute atomic E-state index is 11.9. The minimum absolute atomic E-state index is 0.263. The molecule has 1 aromatic carbocycles. The van der Waals surface area contributed by atoms with E-state index in [2.05, 4.69) is 42.8 Å². The Bertz CT molecular complexity index is 1590. The molecule has 242 valence electrons. The highest BCUT2D eigenvalue weighted by atomic mass is 32.1. The van der Waals surface area contributed by atoms with E-state index in [-0.39, 0.29) is 6.04 Å². The number of imidazole rings is 1. The Kier molecular flexibility index (Phi) is 10.6. The predicted molar refractivity (Wildman–Crippen MR) is 187 cm³/mol. The number of rotatable bonds is 14. The summed E-state index contributed by atoms with van der Waals surface area (Å²) in [5.74, 6) is 1.01. The smallest absolute Gasteiger partial charge is 0.260 e. The van der Waals surface area contributed by atoms with Gasteiger partial charge >= 0.3 is 0 Å². The Balaban J connectivity index is 1.22. The monoisotopic (exact) mass is 649 g/mol. The molecule has 4 heterocycles. The van der Waals surface area contributed by atoms with Gasteiger partial charge in [-0.05, 0) is 36.9 Å². The third kappa shape index (κ3) is 8.11. The minimum atomic E-state index is -1.20. The van der Waals surface area contributed by atoms with Crippen molar-refractivity contribution < 1.29 is 14.6 Å². The van der Waals surface area contributed by atoms with Crippen molar-refractivity contribution in [3.05, 3.63) is 58.9 Å². The third-order valence-corrected chi connectivity index (χ3v) is 11.1. The van der Waals surface area contributed by atoms with Crippen LogP contribution in [-0.2, 0) is 17.9 Å². The molecule has 6 N–H and O–H groups in total. The number of piperidine rings is 1. The average molecular weight is 650 g/mol. The van der Waals surface area contributed by atoms with Crippen LogP contribution in [0.15, 0.2) is 42.6 Å². The van der Waals surface area contributed by atoms with Crippen LogP contribution < -0.4 is 21.7 Å². The van der Waals surface area contributed by atoms with E-state index in [1.165, 1.54) is 11.3 Å². The fourth-order valence-corrected chi connectivity index (χ4v) is 7.51. The zero-order valence-corrected chi connectivity index (χ0v) is 28.7. The number of pyridine rings is 1. The van der Waals surface area contributed by atoms with Gasteiger partial charge in [-0.1, -0.05) is 63.3 Å². The number of amides is 1. The van der Waals surface area contributed by atoms with Gasteiger partial charge in [0.1, 0.15) is 34.2 Å². The molecule has 0 saturated carbocycles. The standard InChI is InChI=1S/C33H47N7O3SSi/c1-5-9-23-18-27(38-33-28(23)29(34)30(44-33)31(35)42)39-14-12-24(13-15-39)36-19-26(41)32-37-25(22-10-7-6-8-11-22)20-40(32)21-43-16-17-45(2,3)4/h6-8,10-11,18,20,24,26,36,41H,5,9,12-17,19,21,34H2,1-4H3,(H2,35,42). The maximum Gasteiger partial charge on any atom is 0.260 e. The van der Waals surface area contributed by atoms with E-state index in [1.807, 2.05) is 41.1 Å². The zero-order chi connectivity index (χ0) is 32.1. The quantitative estimate of drug-likeness (QED) is 0.105. The van der Waals surface area contributed by atoms with Gasteiger partial charge in [-0.3, -0.25) is 4.79 Å². The molecule has 0 radical (unpaired) electrons. The van der Waals surface area contributed by atoms with Crippen molar-refractivity contribution in [1.29, 1.82) is 0 Å². The number of carbonyl (C=O) groups excluding carboxylic acids is 1. The molecule has 1 fully saturated rings. The summed E-state index contributed by atoms with van der Waals surface area (Å²) in [6, 6.07) is 13.5. The molecule has 10 nitrogen and oxygen atoms in total. The number of fused-ring (bicyclic) bond motifs is 1. The summed E-state index contributed by atoms with van der Waals surface area (Å²) in [6.45, 7) is 12.3. The zero-order valence-electron chi connectivity index (χ0n) is 26.9. The first-order valence-corrected chi connectivity index (χ1v) is 20.4. The number of aliphatic hydroxyl groups excluding tert-OH is 1. The highest BCUT2D eigenvalue weighted by Crippen LogP contribution is 2.37. The largest absolute Gasteiger partial charge is 0.397 e. The van der Waals surface area contributed by atoms with Gasteiger partial charge in [0.15, 0.2) is 0 Å². The molecule has 12 heteroatoms. The van der Waals surface area contributed by atoms with E-state index < -0.39 is 20.1 Å². The number of hydrogen-bond acceptors (Lipinski definition) is 9. The Labute approximate surface area is 270 Å². The lowest BCUT2D eigenvalue weighted by atomic mass is 10.0. The van der Waals surface area contributed by atoms with Crippen molar-refractivity contribution in [1.82, 2.24) is 19.9 Å². The average Bonchev–Trinajstić information content (AvgIpc) is 3.60. The lowest BCUT2D eigenvalue weighted by Crippen LogP contribution is -2.44. The van der Waals surface area contributed by atoms with Gasteiger partial charge in [0.2, 0.25) is 0 Å². The Morgan fingerprint density at radius 1 is 1.20 bits per heavy atom.